The van der Waals surface area contributed by atoms with Gasteiger partial charge in [-0.15, -0.1) is 0 Å². The highest BCUT2D eigenvalue weighted by Crippen LogP contribution is 2.27. The largest absolute Gasteiger partial charge is 0.504 e. The van der Waals surface area contributed by atoms with Gasteiger partial charge in [0.2, 0.25) is 0 Å². The predicted molar refractivity (Wildman–Crippen MR) is 104 cm³/mol. The topological polar surface area (TPSA) is 122 Å². The summed E-state index contributed by atoms with van der Waals surface area (Å²) in [5, 5.41) is 20.2. The second-order valence-electron chi connectivity index (χ2n) is 5.51. The molecule has 0 aromatic heterocycles. The number of hydrogen-bond acceptors (Lipinski definition) is 7. The van der Waals surface area contributed by atoms with Crippen LogP contribution < -0.4 is 14.2 Å². The molecular weight excluding hydrogens is 386 g/mol. The minimum absolute atomic E-state index is 0.108. The monoisotopic (exact) mass is 405 g/mol. The summed E-state index contributed by atoms with van der Waals surface area (Å²) in [6.45, 7) is 0. The molecule has 0 fully saturated rings. The molecule has 0 saturated heterocycles. The molecule has 1 amide bonds. The smallest absolute Gasteiger partial charge is 0.257 e. The number of carbonyl (C=O) groups is 1. The number of hydrogen-bond donors (Lipinski definition) is 3. The van der Waals surface area contributed by atoms with E-state index in [2.05, 4.69) is 0 Å². The van der Waals surface area contributed by atoms with Crippen LogP contribution in [0.15, 0.2) is 47.9 Å². The fraction of sp³-hybridized carbons (Fsp3) is 0.105. The number of sulfonamides is 1. The van der Waals surface area contributed by atoms with E-state index >= 15 is 0 Å². The minimum atomic E-state index is -4.04. The number of carbonyl (C=O) groups excluding carboxylic acids is 1. The first-order chi connectivity index (χ1) is 13.2. The van der Waals surface area contributed by atoms with Gasteiger partial charge in [0.05, 0.1) is 19.6 Å². The van der Waals surface area contributed by atoms with Crippen molar-refractivity contribution in [3.8, 4) is 23.0 Å². The van der Waals surface area contributed by atoms with E-state index in [0.717, 1.165) is 11.5 Å². The Morgan fingerprint density at radius 2 is 1.43 bits per heavy atom. The van der Waals surface area contributed by atoms with Crippen LogP contribution in [0.25, 0.3) is 12.2 Å². The van der Waals surface area contributed by atoms with Crippen LogP contribution in [-0.2, 0) is 14.8 Å². The summed E-state index contributed by atoms with van der Waals surface area (Å²) in [5.74, 6) is -0.584. The molecule has 0 aliphatic rings. The Bertz CT molecular complexity index is 1030. The predicted octanol–water partition coefficient (Wildman–Crippen LogP) is 2.25. The zero-order chi connectivity index (χ0) is 20.7. The molecule has 148 valence electrons. The van der Waals surface area contributed by atoms with Crippen molar-refractivity contribution in [2.24, 2.45) is 0 Å². The Balaban J connectivity index is 2.03. The van der Waals surface area contributed by atoms with Gasteiger partial charge >= 0.3 is 0 Å². The second kappa shape index (κ2) is 8.96. The first-order valence-corrected chi connectivity index (χ1v) is 9.45. The Kier molecular flexibility index (Phi) is 6.67. The van der Waals surface area contributed by atoms with Crippen LogP contribution >= 0.6 is 0 Å². The average molecular weight is 405 g/mol. The van der Waals surface area contributed by atoms with Crippen LogP contribution in [0.3, 0.4) is 0 Å². The van der Waals surface area contributed by atoms with Crippen LogP contribution in [0.4, 0.5) is 0 Å². The maximum absolute atomic E-state index is 12.0. The van der Waals surface area contributed by atoms with Crippen molar-refractivity contribution < 1.29 is 32.9 Å². The highest BCUT2D eigenvalue weighted by molar-refractivity contribution is 7.93. The van der Waals surface area contributed by atoms with Crippen LogP contribution in [0.5, 0.6) is 23.0 Å². The molecule has 0 unspecified atom stereocenters. The highest BCUT2D eigenvalue weighted by Gasteiger charge is 2.09. The number of rotatable bonds is 7. The molecule has 0 saturated carbocycles. The lowest BCUT2D eigenvalue weighted by Gasteiger charge is -2.04. The van der Waals surface area contributed by atoms with Crippen LogP contribution in [0.1, 0.15) is 11.1 Å². The molecule has 9 heteroatoms. The van der Waals surface area contributed by atoms with Crippen molar-refractivity contribution in [3.63, 3.8) is 0 Å². The van der Waals surface area contributed by atoms with E-state index in [0.29, 0.717) is 11.1 Å². The zero-order valence-electron chi connectivity index (χ0n) is 15.1. The molecule has 0 heterocycles. The molecule has 0 bridgehead atoms. The molecule has 0 aliphatic carbocycles. The second-order valence-corrected chi connectivity index (χ2v) is 7.08. The third kappa shape index (κ3) is 5.78. The summed E-state index contributed by atoms with van der Waals surface area (Å²) in [4.78, 5) is 11.8. The first kappa shape index (κ1) is 20.8. The van der Waals surface area contributed by atoms with Gasteiger partial charge in [-0.25, -0.2) is 13.1 Å². The van der Waals surface area contributed by atoms with Crippen molar-refractivity contribution in [1.82, 2.24) is 4.72 Å². The number of amides is 1. The molecule has 28 heavy (non-hydrogen) atoms. The molecule has 2 aromatic carbocycles. The Morgan fingerprint density at radius 3 is 1.89 bits per heavy atom. The summed E-state index contributed by atoms with van der Waals surface area (Å²) in [6, 6.07) is 8.81. The molecule has 2 rings (SSSR count). The van der Waals surface area contributed by atoms with E-state index in [1.807, 2.05) is 4.72 Å². The van der Waals surface area contributed by atoms with Gasteiger partial charge in [-0.05, 0) is 47.5 Å². The number of methoxy groups -OCH3 is 2. The minimum Gasteiger partial charge on any atom is -0.504 e. The van der Waals surface area contributed by atoms with E-state index < -0.39 is 15.9 Å². The first-order valence-electron chi connectivity index (χ1n) is 7.91. The SMILES string of the molecule is COc1ccc(/C=C\S(=O)(=O)NC(=O)/C=C/c2ccc(OC)c(O)c2)cc1O. The number of phenolic OH excluding ortho intramolecular Hbond substituents is 2. The summed E-state index contributed by atoms with van der Waals surface area (Å²) in [5.41, 5.74) is 0.885. The Hall–Kier alpha value is -3.46. The highest BCUT2D eigenvalue weighted by atomic mass is 32.2. The Morgan fingerprint density at radius 1 is 0.929 bits per heavy atom. The van der Waals surface area contributed by atoms with Crippen molar-refractivity contribution >= 4 is 28.1 Å². The molecule has 2 aromatic rings. The molecule has 0 radical (unpaired) electrons. The lowest BCUT2D eigenvalue weighted by molar-refractivity contribution is -0.114. The van der Waals surface area contributed by atoms with Gasteiger partial charge in [-0.3, -0.25) is 4.79 Å². The van der Waals surface area contributed by atoms with Gasteiger partial charge < -0.3 is 19.7 Å². The summed E-state index contributed by atoms with van der Waals surface area (Å²) in [7, 11) is -1.24. The number of phenols is 2. The quantitative estimate of drug-likeness (QED) is 0.604. The maximum Gasteiger partial charge on any atom is 0.257 e. The maximum atomic E-state index is 12.0. The summed E-state index contributed by atoms with van der Waals surface area (Å²) >= 11 is 0. The van der Waals surface area contributed by atoms with Crippen LogP contribution in [-0.4, -0.2) is 38.8 Å². The molecular formula is C19H19NO7S. The van der Waals surface area contributed by atoms with Gasteiger partial charge in [-0.2, -0.15) is 0 Å². The molecule has 3 N–H and O–H groups in total. The Labute approximate surface area is 162 Å². The fourth-order valence-corrected chi connectivity index (χ4v) is 2.92. The summed E-state index contributed by atoms with van der Waals surface area (Å²) < 4.78 is 35.6. The van der Waals surface area contributed by atoms with E-state index in [1.54, 1.807) is 12.1 Å². The van der Waals surface area contributed by atoms with Crippen molar-refractivity contribution in [2.75, 3.05) is 14.2 Å². The van der Waals surface area contributed by atoms with E-state index in [-0.39, 0.29) is 23.0 Å². The van der Waals surface area contributed by atoms with Gasteiger partial charge in [0, 0.05) is 6.08 Å². The fourth-order valence-electron chi connectivity index (χ4n) is 2.17. The third-order valence-electron chi connectivity index (χ3n) is 3.52. The third-order valence-corrected chi connectivity index (χ3v) is 4.50. The van der Waals surface area contributed by atoms with Gasteiger partial charge in [0.1, 0.15) is 0 Å². The van der Waals surface area contributed by atoms with Crippen LogP contribution in [0, 0.1) is 0 Å². The van der Waals surface area contributed by atoms with Gasteiger partial charge in [-0.1, -0.05) is 12.1 Å². The van der Waals surface area contributed by atoms with Crippen molar-refractivity contribution in [3.05, 3.63) is 59.0 Å². The number of nitrogens with one attached hydrogen (secondary N) is 1. The summed E-state index contributed by atoms with van der Waals surface area (Å²) in [6.07, 6.45) is 3.58. The standard InChI is InChI=1S/C19H19NO7S/c1-26-17-6-3-13(11-15(17)21)5-8-19(23)20-28(24,25)10-9-14-4-7-18(27-2)16(22)12-14/h3-12,21-22H,1-2H3,(H,20,23)/b8-5+,10-9-. The lowest BCUT2D eigenvalue weighted by atomic mass is 10.2. The van der Waals surface area contributed by atoms with Gasteiger partial charge in [0.25, 0.3) is 15.9 Å². The van der Waals surface area contributed by atoms with Gasteiger partial charge in [0.15, 0.2) is 23.0 Å². The van der Waals surface area contributed by atoms with E-state index in [9.17, 15) is 23.4 Å². The zero-order valence-corrected chi connectivity index (χ0v) is 15.9. The molecule has 0 atom stereocenters. The lowest BCUT2D eigenvalue weighted by Crippen LogP contribution is -2.26. The van der Waals surface area contributed by atoms with Crippen LogP contribution in [0.2, 0.25) is 0 Å². The van der Waals surface area contributed by atoms with Crippen molar-refractivity contribution in [1.29, 1.82) is 0 Å². The number of benzene rings is 2. The number of ether oxygens (including phenoxy) is 2. The van der Waals surface area contributed by atoms with E-state index in [4.69, 9.17) is 9.47 Å². The molecule has 0 aliphatic heterocycles. The van der Waals surface area contributed by atoms with Crippen molar-refractivity contribution in [2.45, 2.75) is 0 Å². The molecule has 0 spiro atoms. The van der Waals surface area contributed by atoms with E-state index in [1.165, 1.54) is 50.6 Å². The number of aromatic hydroxyl groups is 2. The molecule has 8 nitrogen and oxygen atoms in total. The average Bonchev–Trinajstić information content (AvgIpc) is 2.64. The normalized spacial score (nSPS) is 11.6.